The summed E-state index contributed by atoms with van der Waals surface area (Å²) in [5.41, 5.74) is 1.38. The molecule has 0 aliphatic carbocycles. The summed E-state index contributed by atoms with van der Waals surface area (Å²) < 4.78 is 13.9. The van der Waals surface area contributed by atoms with Gasteiger partial charge < -0.3 is 5.32 Å². The van der Waals surface area contributed by atoms with Gasteiger partial charge in [-0.2, -0.15) is 0 Å². The molecule has 5 heteroatoms. The monoisotopic (exact) mass is 313 g/mol. The minimum absolute atomic E-state index is 0.0913. The Bertz CT molecular complexity index is 516. The van der Waals surface area contributed by atoms with Crippen molar-refractivity contribution in [1.29, 1.82) is 0 Å². The van der Waals surface area contributed by atoms with Crippen LogP contribution in [0.4, 0.5) is 10.1 Å². The number of aryl methyl sites for hydroxylation is 1. The fourth-order valence-electron chi connectivity index (χ4n) is 1.95. The molecular formula is C13H13BrFNO2. The largest absolute Gasteiger partial charge is 0.326 e. The molecule has 0 bridgehead atoms. The minimum atomic E-state index is -0.584. The summed E-state index contributed by atoms with van der Waals surface area (Å²) in [5.74, 6) is -0.957. The van der Waals surface area contributed by atoms with E-state index >= 15 is 0 Å². The Balaban J connectivity index is 2.39. The number of amides is 1. The van der Waals surface area contributed by atoms with Gasteiger partial charge in [0.05, 0.1) is 10.4 Å². The van der Waals surface area contributed by atoms with Crippen LogP contribution in [0.1, 0.15) is 35.7 Å². The number of hydrogen-bond acceptors (Lipinski definition) is 2. The highest BCUT2D eigenvalue weighted by Crippen LogP contribution is 2.27. The van der Waals surface area contributed by atoms with Crippen LogP contribution in [0.3, 0.4) is 0 Å². The van der Waals surface area contributed by atoms with E-state index in [9.17, 15) is 14.0 Å². The minimum Gasteiger partial charge on any atom is -0.326 e. The molecule has 1 atom stereocenters. The highest BCUT2D eigenvalue weighted by molar-refractivity contribution is 9.10. The number of benzene rings is 1. The predicted octanol–water partition coefficient (Wildman–Crippen LogP) is 3.07. The standard InChI is InChI=1S/C13H13BrFNO2/c1-2-9(14)13(18)8-5-7-3-4-12(17)16-11(7)6-10(8)15/h5-6,9H,2-4H2,1H3,(H,16,17). The van der Waals surface area contributed by atoms with Gasteiger partial charge in [0.15, 0.2) is 5.78 Å². The number of fused-ring (bicyclic) bond motifs is 1. The second kappa shape index (κ2) is 5.18. The van der Waals surface area contributed by atoms with Gasteiger partial charge in [-0.25, -0.2) is 4.39 Å². The number of anilines is 1. The van der Waals surface area contributed by atoms with Crippen LogP contribution >= 0.6 is 15.9 Å². The lowest BCUT2D eigenvalue weighted by molar-refractivity contribution is -0.116. The number of alkyl halides is 1. The van der Waals surface area contributed by atoms with Gasteiger partial charge in [0.2, 0.25) is 5.91 Å². The van der Waals surface area contributed by atoms with Crippen molar-refractivity contribution in [2.24, 2.45) is 0 Å². The molecule has 1 aliphatic rings. The molecule has 18 heavy (non-hydrogen) atoms. The number of carbonyl (C=O) groups excluding carboxylic acids is 2. The normalized spacial score (nSPS) is 15.8. The van der Waals surface area contributed by atoms with Crippen molar-refractivity contribution in [1.82, 2.24) is 0 Å². The third-order valence-electron chi connectivity index (χ3n) is 3.00. The van der Waals surface area contributed by atoms with E-state index in [0.717, 1.165) is 5.56 Å². The molecule has 1 N–H and O–H groups in total. The smallest absolute Gasteiger partial charge is 0.224 e. The van der Waals surface area contributed by atoms with Crippen molar-refractivity contribution >= 4 is 33.3 Å². The zero-order chi connectivity index (χ0) is 13.3. The summed E-state index contributed by atoms with van der Waals surface area (Å²) in [7, 11) is 0. The highest BCUT2D eigenvalue weighted by atomic mass is 79.9. The number of nitrogens with one attached hydrogen (secondary N) is 1. The molecule has 0 radical (unpaired) electrons. The Morgan fingerprint density at radius 3 is 2.89 bits per heavy atom. The van der Waals surface area contributed by atoms with E-state index in [2.05, 4.69) is 21.2 Å². The SMILES string of the molecule is CCC(Br)C(=O)c1cc2c(cc1F)NC(=O)CC2. The zero-order valence-electron chi connectivity index (χ0n) is 9.93. The second-order valence-electron chi connectivity index (χ2n) is 4.28. The Hall–Kier alpha value is -1.23. The van der Waals surface area contributed by atoms with Gasteiger partial charge in [-0.1, -0.05) is 22.9 Å². The Labute approximate surface area is 113 Å². The number of hydrogen-bond donors (Lipinski definition) is 1. The van der Waals surface area contributed by atoms with Crippen LogP contribution in [0.25, 0.3) is 0 Å². The Kier molecular flexibility index (Phi) is 3.80. The van der Waals surface area contributed by atoms with Crippen molar-refractivity contribution in [3.63, 3.8) is 0 Å². The lowest BCUT2D eigenvalue weighted by Crippen LogP contribution is -2.21. The molecule has 3 nitrogen and oxygen atoms in total. The zero-order valence-corrected chi connectivity index (χ0v) is 11.5. The quantitative estimate of drug-likeness (QED) is 0.688. The van der Waals surface area contributed by atoms with Gasteiger partial charge in [0.25, 0.3) is 0 Å². The molecule has 1 amide bonds. The first-order valence-corrected chi connectivity index (χ1v) is 6.75. The molecule has 0 spiro atoms. The van der Waals surface area contributed by atoms with E-state index in [0.29, 0.717) is 24.9 Å². The molecule has 1 aliphatic heterocycles. The molecule has 0 saturated heterocycles. The van der Waals surface area contributed by atoms with Gasteiger partial charge in [-0.3, -0.25) is 9.59 Å². The molecule has 0 saturated carbocycles. The summed E-state index contributed by atoms with van der Waals surface area (Å²) in [4.78, 5) is 22.8. The summed E-state index contributed by atoms with van der Waals surface area (Å²) in [6.45, 7) is 1.86. The second-order valence-corrected chi connectivity index (χ2v) is 5.38. The van der Waals surface area contributed by atoms with Crippen molar-refractivity contribution in [3.8, 4) is 0 Å². The molecule has 0 fully saturated rings. The van der Waals surface area contributed by atoms with E-state index in [-0.39, 0.29) is 22.1 Å². The maximum absolute atomic E-state index is 13.9. The van der Waals surface area contributed by atoms with Crippen molar-refractivity contribution in [2.75, 3.05) is 5.32 Å². The van der Waals surface area contributed by atoms with Gasteiger partial charge in [0, 0.05) is 12.1 Å². The lowest BCUT2D eigenvalue weighted by atomic mass is 9.97. The molecule has 96 valence electrons. The fourth-order valence-corrected chi connectivity index (χ4v) is 2.19. The average Bonchev–Trinajstić information content (AvgIpc) is 2.36. The van der Waals surface area contributed by atoms with Crippen LogP contribution in [0.2, 0.25) is 0 Å². The molecular weight excluding hydrogens is 301 g/mol. The fraction of sp³-hybridized carbons (Fsp3) is 0.385. The number of halogens is 2. The first-order valence-electron chi connectivity index (χ1n) is 5.83. The van der Waals surface area contributed by atoms with Crippen LogP contribution in [-0.2, 0) is 11.2 Å². The van der Waals surface area contributed by atoms with Gasteiger partial charge >= 0.3 is 0 Å². The highest BCUT2D eigenvalue weighted by Gasteiger charge is 2.23. The third-order valence-corrected chi connectivity index (χ3v) is 4.06. The topological polar surface area (TPSA) is 46.2 Å². The first-order chi connectivity index (χ1) is 8.52. The molecule has 1 unspecified atom stereocenters. The van der Waals surface area contributed by atoms with Crippen molar-refractivity contribution in [3.05, 3.63) is 29.1 Å². The van der Waals surface area contributed by atoms with Gasteiger partial charge in [-0.05, 0) is 30.5 Å². The van der Waals surface area contributed by atoms with Gasteiger partial charge in [-0.15, -0.1) is 0 Å². The van der Waals surface area contributed by atoms with Crippen LogP contribution in [0.5, 0.6) is 0 Å². The lowest BCUT2D eigenvalue weighted by Gasteiger charge is -2.18. The summed E-state index contributed by atoms with van der Waals surface area (Å²) in [5, 5.41) is 2.61. The van der Waals surface area contributed by atoms with Crippen LogP contribution in [0, 0.1) is 5.82 Å². The van der Waals surface area contributed by atoms with Crippen LogP contribution < -0.4 is 5.32 Å². The number of Topliss-reactive ketones (excluding diaryl/α,β-unsaturated/α-hetero) is 1. The number of rotatable bonds is 3. The van der Waals surface area contributed by atoms with E-state index < -0.39 is 5.82 Å². The molecule has 1 aromatic carbocycles. The maximum Gasteiger partial charge on any atom is 0.224 e. The van der Waals surface area contributed by atoms with E-state index in [1.165, 1.54) is 6.07 Å². The third kappa shape index (κ3) is 2.46. The maximum atomic E-state index is 13.9. The average molecular weight is 314 g/mol. The van der Waals surface area contributed by atoms with E-state index in [1.54, 1.807) is 6.07 Å². The van der Waals surface area contributed by atoms with Crippen molar-refractivity contribution < 1.29 is 14.0 Å². The van der Waals surface area contributed by atoms with Crippen LogP contribution in [0.15, 0.2) is 12.1 Å². The molecule has 0 aromatic heterocycles. The van der Waals surface area contributed by atoms with Crippen molar-refractivity contribution in [2.45, 2.75) is 31.0 Å². The predicted molar refractivity (Wildman–Crippen MR) is 70.7 cm³/mol. The van der Waals surface area contributed by atoms with Crippen LogP contribution in [-0.4, -0.2) is 16.5 Å². The number of carbonyl (C=O) groups is 2. The van der Waals surface area contributed by atoms with E-state index in [1.807, 2.05) is 6.92 Å². The molecule has 1 aromatic rings. The molecule has 2 rings (SSSR count). The Morgan fingerprint density at radius 2 is 2.22 bits per heavy atom. The summed E-state index contributed by atoms with van der Waals surface area (Å²) in [6.07, 6.45) is 1.52. The Morgan fingerprint density at radius 1 is 1.50 bits per heavy atom. The summed E-state index contributed by atoms with van der Waals surface area (Å²) >= 11 is 3.23. The first kappa shape index (κ1) is 13.2. The number of ketones is 1. The van der Waals surface area contributed by atoms with Gasteiger partial charge in [0.1, 0.15) is 5.82 Å². The molecule has 1 heterocycles. The summed E-state index contributed by atoms with van der Waals surface area (Å²) in [6, 6.07) is 2.78. The van der Waals surface area contributed by atoms with E-state index in [4.69, 9.17) is 0 Å².